The molecule has 0 aliphatic rings. The van der Waals surface area contributed by atoms with Crippen LogP contribution in [0.25, 0.3) is 0 Å². The lowest BCUT2D eigenvalue weighted by molar-refractivity contribution is -0.167. The molecule has 80 heavy (non-hydrogen) atoms. The van der Waals surface area contributed by atoms with Crippen molar-refractivity contribution in [2.75, 3.05) is 13.2 Å². The van der Waals surface area contributed by atoms with Crippen LogP contribution in [-0.4, -0.2) is 37.2 Å². The van der Waals surface area contributed by atoms with Gasteiger partial charge in [-0.1, -0.05) is 311 Å². The third kappa shape index (κ3) is 65.1. The molecule has 0 rings (SSSR count). The molecule has 0 aromatic carbocycles. The van der Waals surface area contributed by atoms with Gasteiger partial charge >= 0.3 is 17.9 Å². The van der Waals surface area contributed by atoms with Gasteiger partial charge in [-0.2, -0.15) is 0 Å². The maximum atomic E-state index is 12.9. The summed E-state index contributed by atoms with van der Waals surface area (Å²) < 4.78 is 16.9. The van der Waals surface area contributed by atoms with Crippen molar-refractivity contribution in [1.29, 1.82) is 0 Å². The Morgan fingerprint density at radius 3 is 0.762 bits per heavy atom. The first-order chi connectivity index (χ1) is 39.5. The van der Waals surface area contributed by atoms with Crippen LogP contribution in [0.1, 0.15) is 335 Å². The summed E-state index contributed by atoms with van der Waals surface area (Å²) in [4.78, 5) is 38.3. The molecule has 0 saturated carbocycles. The van der Waals surface area contributed by atoms with Gasteiger partial charge in [0.1, 0.15) is 13.2 Å². The molecule has 0 aliphatic carbocycles. The lowest BCUT2D eigenvalue weighted by Gasteiger charge is -2.18. The van der Waals surface area contributed by atoms with Crippen LogP contribution >= 0.6 is 0 Å². The van der Waals surface area contributed by atoms with Crippen LogP contribution in [0.5, 0.6) is 0 Å². The van der Waals surface area contributed by atoms with Gasteiger partial charge in [0, 0.05) is 19.3 Å². The number of unbranched alkanes of at least 4 members (excludes halogenated alkanes) is 35. The smallest absolute Gasteiger partial charge is 0.306 e. The fourth-order valence-electron chi connectivity index (χ4n) is 9.71. The fraction of sp³-hybridized carbons (Fsp3) is 0.743. The van der Waals surface area contributed by atoms with Crippen LogP contribution in [0.15, 0.2) is 97.2 Å². The second-order valence-electron chi connectivity index (χ2n) is 22.7. The molecular weight excluding hydrogens is 985 g/mol. The Labute approximate surface area is 496 Å². The number of carbonyl (C=O) groups excluding carboxylic acids is 3. The zero-order valence-electron chi connectivity index (χ0n) is 52.8. The topological polar surface area (TPSA) is 78.9 Å². The zero-order valence-corrected chi connectivity index (χ0v) is 52.8. The number of esters is 3. The molecule has 0 aromatic rings. The molecule has 0 amide bonds. The molecule has 460 valence electrons. The van der Waals surface area contributed by atoms with Crippen molar-refractivity contribution in [3.05, 3.63) is 97.2 Å². The van der Waals surface area contributed by atoms with Gasteiger partial charge in [-0.15, -0.1) is 0 Å². The summed E-state index contributed by atoms with van der Waals surface area (Å²) in [6.45, 7) is 6.52. The largest absolute Gasteiger partial charge is 0.462 e. The summed E-state index contributed by atoms with van der Waals surface area (Å²) in [5, 5.41) is 0. The van der Waals surface area contributed by atoms with Crippen LogP contribution in [0.2, 0.25) is 0 Å². The summed E-state index contributed by atoms with van der Waals surface area (Å²) in [6.07, 6.45) is 91.5. The summed E-state index contributed by atoms with van der Waals surface area (Å²) in [5.41, 5.74) is 0. The molecule has 0 aliphatic heterocycles. The van der Waals surface area contributed by atoms with Crippen molar-refractivity contribution in [2.45, 2.75) is 341 Å². The van der Waals surface area contributed by atoms with E-state index < -0.39 is 6.10 Å². The first-order valence-electron chi connectivity index (χ1n) is 34.2. The minimum atomic E-state index is -0.787. The van der Waals surface area contributed by atoms with E-state index in [1.807, 2.05) is 0 Å². The number of hydrogen-bond donors (Lipinski definition) is 0. The minimum absolute atomic E-state index is 0.0824. The van der Waals surface area contributed by atoms with E-state index >= 15 is 0 Å². The van der Waals surface area contributed by atoms with Crippen molar-refractivity contribution >= 4 is 17.9 Å². The zero-order chi connectivity index (χ0) is 57.8. The average Bonchev–Trinajstić information content (AvgIpc) is 3.46. The van der Waals surface area contributed by atoms with E-state index in [-0.39, 0.29) is 31.1 Å². The molecule has 6 heteroatoms. The second kappa shape index (κ2) is 67.8. The van der Waals surface area contributed by atoms with E-state index in [0.717, 1.165) is 122 Å². The van der Waals surface area contributed by atoms with Crippen molar-refractivity contribution in [1.82, 2.24) is 0 Å². The Morgan fingerprint density at radius 1 is 0.263 bits per heavy atom. The van der Waals surface area contributed by atoms with Gasteiger partial charge in [0.25, 0.3) is 0 Å². The van der Waals surface area contributed by atoms with Gasteiger partial charge in [-0.3, -0.25) is 14.4 Å². The fourth-order valence-corrected chi connectivity index (χ4v) is 9.71. The molecule has 1 unspecified atom stereocenters. The molecular formula is C74H128O6. The summed E-state index contributed by atoms with van der Waals surface area (Å²) in [5.74, 6) is -0.890. The number of ether oxygens (including phenoxy) is 3. The van der Waals surface area contributed by atoms with E-state index in [9.17, 15) is 14.4 Å². The first kappa shape index (κ1) is 76.3. The van der Waals surface area contributed by atoms with E-state index in [1.165, 1.54) is 173 Å². The van der Waals surface area contributed by atoms with Gasteiger partial charge in [-0.05, 0) is 103 Å². The number of allylic oxidation sites excluding steroid dienone is 16. The Hall–Kier alpha value is -3.67. The standard InChI is InChI=1S/C74H128O6/c1-4-7-10-13-16-19-22-24-26-28-30-32-33-34-35-36-37-38-39-40-41-43-44-46-48-50-52-55-58-61-64-67-73(76)79-70-71(69-78-72(75)66-63-60-57-54-21-18-15-12-9-6-3)80-74(77)68-65-62-59-56-53-51-49-47-45-42-31-29-27-25-23-20-17-14-11-8-5-2/h8,11,17,20,22,24-25,27-28,30-31,33-34,42,47,49,71H,4-7,9-10,12-16,18-19,21,23,26,29,32,35-41,43-46,48,50-70H2,1-3H3/b11-8-,20-17-,24-22-,27-25-,30-28-,34-33-,42-31-,49-47-. The molecule has 0 saturated heterocycles. The van der Waals surface area contributed by atoms with Crippen molar-refractivity contribution < 1.29 is 28.6 Å². The van der Waals surface area contributed by atoms with Crippen LogP contribution < -0.4 is 0 Å². The molecule has 0 spiro atoms. The molecule has 0 radical (unpaired) electrons. The summed E-state index contributed by atoms with van der Waals surface area (Å²) in [6, 6.07) is 0. The maximum Gasteiger partial charge on any atom is 0.306 e. The Bertz CT molecular complexity index is 1560. The Kier molecular flexibility index (Phi) is 64.7. The Balaban J connectivity index is 4.19. The van der Waals surface area contributed by atoms with Gasteiger partial charge in [0.05, 0.1) is 0 Å². The van der Waals surface area contributed by atoms with Crippen molar-refractivity contribution in [3.63, 3.8) is 0 Å². The van der Waals surface area contributed by atoms with Crippen molar-refractivity contribution in [2.24, 2.45) is 0 Å². The first-order valence-corrected chi connectivity index (χ1v) is 34.2. The number of carbonyl (C=O) groups is 3. The monoisotopic (exact) mass is 1110 g/mol. The maximum absolute atomic E-state index is 12.9. The highest BCUT2D eigenvalue weighted by molar-refractivity contribution is 5.71. The lowest BCUT2D eigenvalue weighted by Crippen LogP contribution is -2.30. The molecule has 0 heterocycles. The van der Waals surface area contributed by atoms with Gasteiger partial charge in [0.2, 0.25) is 0 Å². The predicted octanol–water partition coefficient (Wildman–Crippen LogP) is 23.6. The quantitative estimate of drug-likeness (QED) is 0.0261. The van der Waals surface area contributed by atoms with Crippen LogP contribution in [0.4, 0.5) is 0 Å². The molecule has 0 N–H and O–H groups in total. The lowest BCUT2D eigenvalue weighted by atomic mass is 10.0. The van der Waals surface area contributed by atoms with E-state index in [1.54, 1.807) is 0 Å². The summed E-state index contributed by atoms with van der Waals surface area (Å²) in [7, 11) is 0. The second-order valence-corrected chi connectivity index (χ2v) is 22.7. The third-order valence-corrected chi connectivity index (χ3v) is 14.8. The molecule has 0 aromatic heterocycles. The Morgan fingerprint density at radius 2 is 0.487 bits per heavy atom. The average molecular weight is 1110 g/mol. The molecule has 1 atom stereocenters. The van der Waals surface area contributed by atoms with Crippen LogP contribution in [0.3, 0.4) is 0 Å². The van der Waals surface area contributed by atoms with E-state index in [2.05, 4.69) is 118 Å². The summed E-state index contributed by atoms with van der Waals surface area (Å²) >= 11 is 0. The number of hydrogen-bond acceptors (Lipinski definition) is 6. The van der Waals surface area contributed by atoms with E-state index in [4.69, 9.17) is 14.2 Å². The van der Waals surface area contributed by atoms with Gasteiger partial charge in [0.15, 0.2) is 6.10 Å². The minimum Gasteiger partial charge on any atom is -0.462 e. The molecule has 0 fully saturated rings. The highest BCUT2D eigenvalue weighted by Gasteiger charge is 2.19. The highest BCUT2D eigenvalue weighted by atomic mass is 16.6. The van der Waals surface area contributed by atoms with Gasteiger partial charge < -0.3 is 14.2 Å². The molecule has 0 bridgehead atoms. The molecule has 6 nitrogen and oxygen atoms in total. The third-order valence-electron chi connectivity index (χ3n) is 14.8. The van der Waals surface area contributed by atoms with Crippen molar-refractivity contribution in [3.8, 4) is 0 Å². The predicted molar refractivity (Wildman–Crippen MR) is 348 cm³/mol. The SMILES string of the molecule is CC/C=C\C/C=C\C/C=C\C/C=C\C/C=C\CCCCCCCC(=O)OC(COC(=O)CCCCCCCCCCCC)COC(=O)CCCCCCCCCCCCCCCCCC/C=C\C/C=C\C/C=C\CCCCCCC. The van der Waals surface area contributed by atoms with Crippen LogP contribution in [0, 0.1) is 0 Å². The highest BCUT2D eigenvalue weighted by Crippen LogP contribution is 2.17. The normalized spacial score (nSPS) is 12.7. The van der Waals surface area contributed by atoms with Gasteiger partial charge in [-0.25, -0.2) is 0 Å². The van der Waals surface area contributed by atoms with Crippen LogP contribution in [-0.2, 0) is 28.6 Å². The van der Waals surface area contributed by atoms with E-state index in [0.29, 0.717) is 19.3 Å². The number of rotatable bonds is 62.